The van der Waals surface area contributed by atoms with Gasteiger partial charge in [0.15, 0.2) is 5.16 Å². The van der Waals surface area contributed by atoms with Crippen LogP contribution < -0.4 is 5.43 Å². The summed E-state index contributed by atoms with van der Waals surface area (Å²) in [5, 5.41) is 30.0. The van der Waals surface area contributed by atoms with Crippen molar-refractivity contribution in [1.29, 1.82) is 10.5 Å². The van der Waals surface area contributed by atoms with Gasteiger partial charge >= 0.3 is 5.82 Å². The number of aromatic nitrogens is 4. The van der Waals surface area contributed by atoms with Gasteiger partial charge in [0, 0.05) is 0 Å². The Kier molecular flexibility index (Phi) is 2.42. The molecule has 0 spiro atoms. The zero-order valence-electron chi connectivity index (χ0n) is 7.86. The van der Waals surface area contributed by atoms with Crippen LogP contribution in [0.4, 0.5) is 11.6 Å². The van der Waals surface area contributed by atoms with E-state index >= 15 is 0 Å². The second-order valence-electron chi connectivity index (χ2n) is 2.53. The second-order valence-corrected chi connectivity index (χ2v) is 2.53. The van der Waals surface area contributed by atoms with E-state index in [2.05, 4.69) is 35.3 Å². The number of rotatable bonds is 3. The molecule has 0 amide bonds. The van der Waals surface area contributed by atoms with Crippen LogP contribution >= 0.6 is 0 Å². The number of hydrogen-bond acceptors (Lipinski definition) is 9. The van der Waals surface area contributed by atoms with Crippen LogP contribution in [-0.4, -0.2) is 25.5 Å². The van der Waals surface area contributed by atoms with Crippen molar-refractivity contribution in [2.45, 2.75) is 0 Å². The third-order valence-corrected chi connectivity index (χ3v) is 1.57. The van der Waals surface area contributed by atoms with Gasteiger partial charge in [0.25, 0.3) is 5.69 Å². The standard InChI is InChI=1S/C6HN8O3/c7-1-3-5(12-16-10-3)9-14(15)6-4(2-8)11-17-13-6/h(H,9,12,15)/q+1. The van der Waals surface area contributed by atoms with Crippen LogP contribution in [0, 0.1) is 27.6 Å². The van der Waals surface area contributed by atoms with Crippen LogP contribution in [0.15, 0.2) is 9.26 Å². The summed E-state index contributed by atoms with van der Waals surface area (Å²) >= 11 is 0. The highest BCUT2D eigenvalue weighted by atomic mass is 16.6. The van der Waals surface area contributed by atoms with Crippen LogP contribution in [0.2, 0.25) is 0 Å². The van der Waals surface area contributed by atoms with E-state index < -0.39 is 5.82 Å². The molecule has 0 saturated heterocycles. The summed E-state index contributed by atoms with van der Waals surface area (Å²) < 4.78 is 8.44. The Bertz CT molecular complexity index is 643. The summed E-state index contributed by atoms with van der Waals surface area (Å²) in [5.41, 5.74) is 1.55. The predicted octanol–water partition coefficient (Wildman–Crippen LogP) is -0.367. The van der Waals surface area contributed by atoms with Gasteiger partial charge in [0.2, 0.25) is 11.5 Å². The Morgan fingerprint density at radius 2 is 1.71 bits per heavy atom. The van der Waals surface area contributed by atoms with Gasteiger partial charge in [-0.2, -0.15) is 15.9 Å². The Morgan fingerprint density at radius 1 is 1.06 bits per heavy atom. The Balaban J connectivity index is 2.25. The summed E-state index contributed by atoms with van der Waals surface area (Å²) in [6.45, 7) is 0. The Hall–Kier alpha value is -3.34. The van der Waals surface area contributed by atoms with E-state index in [1.54, 1.807) is 12.1 Å². The summed E-state index contributed by atoms with van der Waals surface area (Å²) in [4.78, 5) is 11.5. The summed E-state index contributed by atoms with van der Waals surface area (Å²) in [6.07, 6.45) is 0. The smallest absolute Gasteiger partial charge is 0.241 e. The molecule has 17 heavy (non-hydrogen) atoms. The van der Waals surface area contributed by atoms with Crippen molar-refractivity contribution in [3.63, 3.8) is 0 Å². The SMILES string of the molecule is N#Cc1nonc1N[N+](=O)c1nonc1C#N. The van der Waals surface area contributed by atoms with Crippen molar-refractivity contribution in [3.8, 4) is 12.1 Å². The van der Waals surface area contributed by atoms with Gasteiger partial charge in [0.05, 0.1) is 0 Å². The molecule has 0 fully saturated rings. The van der Waals surface area contributed by atoms with Gasteiger partial charge in [-0.1, -0.05) is 0 Å². The van der Waals surface area contributed by atoms with Gasteiger partial charge in [-0.05, 0) is 20.4 Å². The number of anilines is 1. The molecular formula is C6HN8O3+. The molecule has 0 aliphatic carbocycles. The molecule has 0 unspecified atom stereocenters. The molecule has 11 nitrogen and oxygen atoms in total. The lowest BCUT2D eigenvalue weighted by molar-refractivity contribution is -0.434. The first-order valence-electron chi connectivity index (χ1n) is 3.95. The normalized spacial score (nSPS) is 9.29. The number of nitriles is 2. The van der Waals surface area contributed by atoms with Gasteiger partial charge in [-0.3, -0.25) is 0 Å². The molecule has 0 aliphatic heterocycles. The highest BCUT2D eigenvalue weighted by Crippen LogP contribution is 2.14. The highest BCUT2D eigenvalue weighted by molar-refractivity contribution is 5.44. The molecule has 2 heterocycles. The molecule has 0 radical (unpaired) electrons. The second kappa shape index (κ2) is 4.03. The number of nitrogens with zero attached hydrogens (tertiary/aromatic N) is 7. The van der Waals surface area contributed by atoms with E-state index in [1.165, 1.54) is 0 Å². The number of hydrazine groups is 1. The Labute approximate surface area is 91.7 Å². The average Bonchev–Trinajstić information content (AvgIpc) is 2.96. The maximum atomic E-state index is 11.5. The predicted molar refractivity (Wildman–Crippen MR) is 44.9 cm³/mol. The molecule has 0 aromatic carbocycles. The summed E-state index contributed by atoms with van der Waals surface area (Å²) in [6, 6.07) is 3.23. The first kappa shape index (κ1) is 10.2. The average molecular weight is 233 g/mol. The summed E-state index contributed by atoms with van der Waals surface area (Å²) in [7, 11) is 0. The van der Waals surface area contributed by atoms with Gasteiger partial charge < -0.3 is 0 Å². The first-order chi connectivity index (χ1) is 8.26. The van der Waals surface area contributed by atoms with Crippen molar-refractivity contribution >= 4 is 11.6 Å². The monoisotopic (exact) mass is 233 g/mol. The van der Waals surface area contributed by atoms with Crippen LogP contribution in [0.5, 0.6) is 0 Å². The van der Waals surface area contributed by atoms with Crippen LogP contribution in [0.1, 0.15) is 11.4 Å². The quantitative estimate of drug-likeness (QED) is 0.547. The van der Waals surface area contributed by atoms with E-state index in [1.807, 2.05) is 0 Å². The molecule has 0 atom stereocenters. The van der Waals surface area contributed by atoms with E-state index in [0.717, 1.165) is 0 Å². The fourth-order valence-electron chi connectivity index (χ4n) is 0.872. The van der Waals surface area contributed by atoms with Crippen molar-refractivity contribution in [2.24, 2.45) is 0 Å². The minimum Gasteiger partial charge on any atom is -0.241 e. The van der Waals surface area contributed by atoms with E-state index in [4.69, 9.17) is 10.5 Å². The van der Waals surface area contributed by atoms with Crippen LogP contribution in [0.3, 0.4) is 0 Å². The summed E-state index contributed by atoms with van der Waals surface area (Å²) in [5.74, 6) is -0.617. The maximum absolute atomic E-state index is 11.5. The minimum atomic E-state index is -0.403. The minimum absolute atomic E-state index is 0.0510. The van der Waals surface area contributed by atoms with Crippen LogP contribution in [0.25, 0.3) is 0 Å². The molecule has 2 aromatic rings. The van der Waals surface area contributed by atoms with Crippen molar-refractivity contribution in [1.82, 2.24) is 20.6 Å². The number of nitroso groups, excluding NO2 is 1. The lowest BCUT2D eigenvalue weighted by Gasteiger charge is -1.90. The lowest BCUT2D eigenvalue weighted by atomic mass is 10.5. The lowest BCUT2D eigenvalue weighted by Crippen LogP contribution is -2.13. The van der Waals surface area contributed by atoms with Gasteiger partial charge in [-0.25, -0.2) is 4.63 Å². The number of nitrogens with one attached hydrogen (secondary N) is 1. The molecule has 1 N–H and O–H groups in total. The molecule has 82 valence electrons. The number of hydrogen-bond donors (Lipinski definition) is 1. The molecule has 2 aromatic heterocycles. The first-order valence-corrected chi connectivity index (χ1v) is 3.95. The largest absolute Gasteiger partial charge is 0.476 e. The third kappa shape index (κ3) is 1.75. The van der Waals surface area contributed by atoms with E-state index in [-0.39, 0.29) is 22.1 Å². The maximum Gasteiger partial charge on any atom is 0.476 e. The van der Waals surface area contributed by atoms with Crippen molar-refractivity contribution in [2.75, 3.05) is 5.43 Å². The fraction of sp³-hybridized carbons (Fsp3) is 0. The highest BCUT2D eigenvalue weighted by Gasteiger charge is 2.29. The third-order valence-electron chi connectivity index (χ3n) is 1.57. The van der Waals surface area contributed by atoms with Crippen molar-refractivity contribution in [3.05, 3.63) is 16.3 Å². The van der Waals surface area contributed by atoms with E-state index in [0.29, 0.717) is 0 Å². The molecule has 0 saturated carbocycles. The molecular weight excluding hydrogens is 232 g/mol. The van der Waals surface area contributed by atoms with Gasteiger partial charge in [-0.15, -0.1) is 4.63 Å². The Morgan fingerprint density at radius 3 is 2.41 bits per heavy atom. The van der Waals surface area contributed by atoms with E-state index in [9.17, 15) is 4.91 Å². The van der Waals surface area contributed by atoms with Crippen molar-refractivity contribution < 1.29 is 14.1 Å². The molecule has 0 bridgehead atoms. The topological polar surface area (TPSA) is 158 Å². The van der Waals surface area contributed by atoms with Gasteiger partial charge in [0.1, 0.15) is 17.0 Å². The molecule has 0 aliphatic rings. The molecule has 2 rings (SSSR count). The molecule has 11 heteroatoms. The zero-order chi connectivity index (χ0) is 12.3. The zero-order valence-corrected chi connectivity index (χ0v) is 7.86. The van der Waals surface area contributed by atoms with Crippen LogP contribution in [-0.2, 0) is 0 Å². The fourth-order valence-corrected chi connectivity index (χ4v) is 0.872.